The number of hydrogen-bond donors (Lipinski definition) is 1. The quantitative estimate of drug-likeness (QED) is 0.787. The highest BCUT2D eigenvalue weighted by Gasteiger charge is 2.37. The van der Waals surface area contributed by atoms with Crippen LogP contribution in [0.1, 0.15) is 47.0 Å². The number of carbonyl (C=O) groups is 1. The first kappa shape index (κ1) is 13.3. The molecule has 2 N–H and O–H groups in total. The van der Waals surface area contributed by atoms with Crippen molar-refractivity contribution >= 4 is 6.09 Å². The SMILES string of the molecule is CCCC1(N)CCN(C(=O)OC(C)(C)C)C1. The number of carbonyl (C=O) groups excluding carboxylic acids is 1. The Kier molecular flexibility index (Phi) is 3.84. The molecule has 1 amide bonds. The van der Waals surface area contributed by atoms with Gasteiger partial charge < -0.3 is 15.4 Å². The number of amides is 1. The first-order chi connectivity index (χ1) is 7.26. The van der Waals surface area contributed by atoms with Crippen molar-refractivity contribution < 1.29 is 9.53 Å². The third-order valence-electron chi connectivity index (χ3n) is 2.78. The van der Waals surface area contributed by atoms with E-state index < -0.39 is 5.60 Å². The van der Waals surface area contributed by atoms with Gasteiger partial charge in [-0.25, -0.2) is 4.79 Å². The van der Waals surface area contributed by atoms with Gasteiger partial charge in [0.1, 0.15) is 5.60 Å². The zero-order valence-corrected chi connectivity index (χ0v) is 10.9. The number of hydrogen-bond acceptors (Lipinski definition) is 3. The largest absolute Gasteiger partial charge is 0.444 e. The molecular weight excluding hydrogens is 204 g/mol. The molecule has 0 aromatic heterocycles. The van der Waals surface area contributed by atoms with Crippen molar-refractivity contribution in [1.29, 1.82) is 0 Å². The molecule has 1 heterocycles. The fraction of sp³-hybridized carbons (Fsp3) is 0.917. The topological polar surface area (TPSA) is 55.6 Å². The summed E-state index contributed by atoms with van der Waals surface area (Å²) in [4.78, 5) is 13.5. The van der Waals surface area contributed by atoms with Crippen LogP contribution in [-0.2, 0) is 4.74 Å². The van der Waals surface area contributed by atoms with Crippen molar-refractivity contribution in [3.63, 3.8) is 0 Å². The minimum Gasteiger partial charge on any atom is -0.444 e. The Morgan fingerprint density at radius 2 is 2.12 bits per heavy atom. The zero-order chi connectivity index (χ0) is 12.4. The molecular formula is C12H24N2O2. The van der Waals surface area contributed by atoms with Gasteiger partial charge in [0, 0.05) is 18.6 Å². The van der Waals surface area contributed by atoms with Gasteiger partial charge in [-0.05, 0) is 33.6 Å². The average molecular weight is 228 g/mol. The van der Waals surface area contributed by atoms with Gasteiger partial charge in [0.15, 0.2) is 0 Å². The van der Waals surface area contributed by atoms with E-state index in [0.29, 0.717) is 13.1 Å². The number of rotatable bonds is 2. The van der Waals surface area contributed by atoms with Crippen LogP contribution in [0.25, 0.3) is 0 Å². The summed E-state index contributed by atoms with van der Waals surface area (Å²) < 4.78 is 5.32. The van der Waals surface area contributed by atoms with Crippen LogP contribution >= 0.6 is 0 Å². The Morgan fingerprint density at radius 3 is 2.62 bits per heavy atom. The van der Waals surface area contributed by atoms with Crippen LogP contribution in [0.5, 0.6) is 0 Å². The monoisotopic (exact) mass is 228 g/mol. The molecule has 1 saturated heterocycles. The standard InChI is InChI=1S/C12H24N2O2/c1-5-6-12(13)7-8-14(9-12)10(15)16-11(2,3)4/h5-9,13H2,1-4H3. The lowest BCUT2D eigenvalue weighted by Crippen LogP contribution is -2.44. The van der Waals surface area contributed by atoms with E-state index in [1.54, 1.807) is 4.90 Å². The Bertz CT molecular complexity index is 260. The summed E-state index contributed by atoms with van der Waals surface area (Å²) in [5.74, 6) is 0. The van der Waals surface area contributed by atoms with Crippen molar-refractivity contribution in [2.24, 2.45) is 5.73 Å². The van der Waals surface area contributed by atoms with Crippen molar-refractivity contribution in [2.75, 3.05) is 13.1 Å². The fourth-order valence-electron chi connectivity index (χ4n) is 2.08. The van der Waals surface area contributed by atoms with Crippen molar-refractivity contribution in [1.82, 2.24) is 4.90 Å². The molecule has 1 rings (SSSR count). The average Bonchev–Trinajstić information content (AvgIpc) is 2.45. The summed E-state index contributed by atoms with van der Waals surface area (Å²) in [6, 6.07) is 0. The van der Waals surface area contributed by atoms with E-state index in [1.807, 2.05) is 20.8 Å². The molecule has 0 bridgehead atoms. The van der Waals surface area contributed by atoms with E-state index in [0.717, 1.165) is 19.3 Å². The number of nitrogens with two attached hydrogens (primary N) is 1. The Balaban J connectivity index is 2.50. The molecule has 0 aromatic carbocycles. The van der Waals surface area contributed by atoms with E-state index >= 15 is 0 Å². The minimum atomic E-state index is -0.429. The molecule has 0 saturated carbocycles. The van der Waals surface area contributed by atoms with Gasteiger partial charge in [-0.2, -0.15) is 0 Å². The Hall–Kier alpha value is -0.770. The highest BCUT2D eigenvalue weighted by atomic mass is 16.6. The second-order valence-electron chi connectivity index (χ2n) is 5.76. The van der Waals surface area contributed by atoms with E-state index in [2.05, 4.69) is 6.92 Å². The molecule has 94 valence electrons. The first-order valence-corrected chi connectivity index (χ1v) is 6.02. The highest BCUT2D eigenvalue weighted by molar-refractivity contribution is 5.68. The van der Waals surface area contributed by atoms with Crippen molar-refractivity contribution in [2.45, 2.75) is 58.1 Å². The molecule has 0 spiro atoms. The molecule has 4 heteroatoms. The first-order valence-electron chi connectivity index (χ1n) is 6.02. The molecule has 1 aliphatic rings. The summed E-state index contributed by atoms with van der Waals surface area (Å²) in [7, 11) is 0. The van der Waals surface area contributed by atoms with Crippen LogP contribution < -0.4 is 5.73 Å². The van der Waals surface area contributed by atoms with Crippen LogP contribution in [-0.4, -0.2) is 35.2 Å². The fourth-order valence-corrected chi connectivity index (χ4v) is 2.08. The van der Waals surface area contributed by atoms with E-state index in [1.165, 1.54) is 0 Å². The van der Waals surface area contributed by atoms with Gasteiger partial charge in [0.2, 0.25) is 0 Å². The van der Waals surface area contributed by atoms with Gasteiger partial charge in [0.25, 0.3) is 0 Å². The molecule has 0 aliphatic carbocycles. The second-order valence-corrected chi connectivity index (χ2v) is 5.76. The summed E-state index contributed by atoms with van der Waals surface area (Å²) in [6.07, 6.45) is 2.65. The van der Waals surface area contributed by atoms with Crippen molar-refractivity contribution in [3.8, 4) is 0 Å². The van der Waals surface area contributed by atoms with Gasteiger partial charge in [-0.15, -0.1) is 0 Å². The van der Waals surface area contributed by atoms with Gasteiger partial charge in [-0.3, -0.25) is 0 Å². The van der Waals surface area contributed by atoms with Crippen molar-refractivity contribution in [3.05, 3.63) is 0 Å². The molecule has 0 radical (unpaired) electrons. The summed E-state index contributed by atoms with van der Waals surface area (Å²) in [6.45, 7) is 9.08. The van der Waals surface area contributed by atoms with E-state index in [9.17, 15) is 4.79 Å². The highest BCUT2D eigenvalue weighted by Crippen LogP contribution is 2.24. The number of ether oxygens (including phenoxy) is 1. The summed E-state index contributed by atoms with van der Waals surface area (Å²) in [5.41, 5.74) is 5.58. The Morgan fingerprint density at radius 1 is 1.50 bits per heavy atom. The molecule has 16 heavy (non-hydrogen) atoms. The van der Waals surface area contributed by atoms with Crippen LogP contribution in [0.15, 0.2) is 0 Å². The van der Waals surface area contributed by atoms with Gasteiger partial charge in [-0.1, -0.05) is 13.3 Å². The lowest BCUT2D eigenvalue weighted by molar-refractivity contribution is 0.0283. The summed E-state index contributed by atoms with van der Waals surface area (Å²) in [5, 5.41) is 0. The van der Waals surface area contributed by atoms with Gasteiger partial charge >= 0.3 is 6.09 Å². The van der Waals surface area contributed by atoms with Crippen LogP contribution in [0.2, 0.25) is 0 Å². The second kappa shape index (κ2) is 4.62. The molecule has 1 aliphatic heterocycles. The number of nitrogens with zero attached hydrogens (tertiary/aromatic N) is 1. The number of likely N-dealkylation sites (tertiary alicyclic amines) is 1. The molecule has 0 aromatic rings. The van der Waals surface area contributed by atoms with Gasteiger partial charge in [0.05, 0.1) is 0 Å². The van der Waals surface area contributed by atoms with Crippen LogP contribution in [0.3, 0.4) is 0 Å². The van der Waals surface area contributed by atoms with E-state index in [4.69, 9.17) is 10.5 Å². The maximum atomic E-state index is 11.8. The predicted molar refractivity (Wildman–Crippen MR) is 64.3 cm³/mol. The maximum Gasteiger partial charge on any atom is 0.410 e. The van der Waals surface area contributed by atoms with Crippen LogP contribution in [0, 0.1) is 0 Å². The third-order valence-corrected chi connectivity index (χ3v) is 2.78. The molecule has 1 fully saturated rings. The smallest absolute Gasteiger partial charge is 0.410 e. The molecule has 1 unspecified atom stereocenters. The zero-order valence-electron chi connectivity index (χ0n) is 10.9. The lowest BCUT2D eigenvalue weighted by Gasteiger charge is -2.26. The molecule has 4 nitrogen and oxygen atoms in total. The normalized spacial score (nSPS) is 25.9. The predicted octanol–water partition coefficient (Wildman–Crippen LogP) is 2.12. The van der Waals surface area contributed by atoms with E-state index in [-0.39, 0.29) is 11.6 Å². The van der Waals surface area contributed by atoms with Crippen LogP contribution in [0.4, 0.5) is 4.79 Å². The lowest BCUT2D eigenvalue weighted by atomic mass is 9.94. The Labute approximate surface area is 98.1 Å². The summed E-state index contributed by atoms with van der Waals surface area (Å²) >= 11 is 0. The molecule has 1 atom stereocenters. The third kappa shape index (κ3) is 3.67. The maximum absolute atomic E-state index is 11.8. The minimum absolute atomic E-state index is 0.203.